The van der Waals surface area contributed by atoms with E-state index in [9.17, 15) is 14.0 Å². The van der Waals surface area contributed by atoms with Gasteiger partial charge in [-0.1, -0.05) is 36.4 Å². The Hall–Kier alpha value is -4.00. The van der Waals surface area contributed by atoms with Crippen molar-refractivity contribution >= 4 is 17.9 Å². The Bertz CT molecular complexity index is 1140. The van der Waals surface area contributed by atoms with Crippen molar-refractivity contribution in [2.75, 3.05) is 13.1 Å². The van der Waals surface area contributed by atoms with Crippen LogP contribution in [0.4, 0.5) is 4.39 Å². The van der Waals surface area contributed by atoms with Crippen LogP contribution >= 0.6 is 0 Å². The number of piperidine rings is 1. The SMILES string of the molecule is O=C(NCc1ccc(Oc2cccnc2)c(F)c1)C1CCN(C(=O)/C=C/c2ccccc2)CC1. The number of nitrogens with zero attached hydrogens (tertiary/aromatic N) is 2. The van der Waals surface area contributed by atoms with Crippen LogP contribution in [0.15, 0.2) is 79.1 Å². The molecule has 0 spiro atoms. The second-order valence-corrected chi connectivity index (χ2v) is 8.12. The third-order valence-electron chi connectivity index (χ3n) is 5.72. The fourth-order valence-electron chi connectivity index (χ4n) is 3.80. The second kappa shape index (κ2) is 11.2. The molecule has 1 aromatic heterocycles. The fraction of sp³-hybridized carbons (Fsp3) is 0.222. The maximum Gasteiger partial charge on any atom is 0.246 e. The van der Waals surface area contributed by atoms with Crippen LogP contribution in [0, 0.1) is 11.7 Å². The molecular formula is C27H26FN3O3. The van der Waals surface area contributed by atoms with Gasteiger partial charge in [-0.2, -0.15) is 0 Å². The average Bonchev–Trinajstić information content (AvgIpc) is 2.88. The molecule has 1 aliphatic rings. The molecule has 34 heavy (non-hydrogen) atoms. The zero-order valence-electron chi connectivity index (χ0n) is 18.7. The van der Waals surface area contributed by atoms with Gasteiger partial charge in [0.25, 0.3) is 0 Å². The van der Waals surface area contributed by atoms with E-state index in [4.69, 9.17) is 4.74 Å². The number of halogens is 1. The number of aromatic nitrogens is 1. The molecule has 0 unspecified atom stereocenters. The van der Waals surface area contributed by atoms with Gasteiger partial charge in [0.2, 0.25) is 11.8 Å². The van der Waals surface area contributed by atoms with Gasteiger partial charge >= 0.3 is 0 Å². The number of amides is 2. The number of hydrogen-bond acceptors (Lipinski definition) is 4. The van der Waals surface area contributed by atoms with E-state index in [0.29, 0.717) is 37.2 Å². The number of pyridine rings is 1. The van der Waals surface area contributed by atoms with Crippen LogP contribution in [0.3, 0.4) is 0 Å². The highest BCUT2D eigenvalue weighted by molar-refractivity contribution is 5.92. The summed E-state index contributed by atoms with van der Waals surface area (Å²) in [6.07, 6.45) is 7.69. The number of likely N-dealkylation sites (tertiary alicyclic amines) is 1. The number of carbonyl (C=O) groups excluding carboxylic acids is 2. The summed E-state index contributed by atoms with van der Waals surface area (Å²) in [5.74, 6) is -0.259. The van der Waals surface area contributed by atoms with Gasteiger partial charge in [-0.25, -0.2) is 4.39 Å². The highest BCUT2D eigenvalue weighted by Gasteiger charge is 2.26. The lowest BCUT2D eigenvalue weighted by molar-refractivity contribution is -0.132. The molecule has 1 N–H and O–H groups in total. The van der Waals surface area contributed by atoms with E-state index in [0.717, 1.165) is 5.56 Å². The number of ether oxygens (including phenoxy) is 1. The molecule has 0 bridgehead atoms. The van der Waals surface area contributed by atoms with Gasteiger partial charge in [0.15, 0.2) is 11.6 Å². The minimum atomic E-state index is -0.508. The molecule has 1 saturated heterocycles. The van der Waals surface area contributed by atoms with E-state index >= 15 is 0 Å². The van der Waals surface area contributed by atoms with Gasteiger partial charge in [0, 0.05) is 37.8 Å². The number of carbonyl (C=O) groups is 2. The van der Waals surface area contributed by atoms with Gasteiger partial charge in [0.05, 0.1) is 6.20 Å². The molecule has 0 saturated carbocycles. The molecule has 2 amide bonds. The quantitative estimate of drug-likeness (QED) is 0.525. The maximum atomic E-state index is 14.4. The molecule has 2 heterocycles. The number of rotatable bonds is 7. The smallest absolute Gasteiger partial charge is 0.246 e. The van der Waals surface area contributed by atoms with Gasteiger partial charge in [0.1, 0.15) is 5.75 Å². The Balaban J connectivity index is 1.23. The van der Waals surface area contributed by atoms with Crippen molar-refractivity contribution in [1.82, 2.24) is 15.2 Å². The molecule has 0 aliphatic carbocycles. The molecule has 0 atom stereocenters. The summed E-state index contributed by atoms with van der Waals surface area (Å²) in [4.78, 5) is 30.7. The molecule has 6 nitrogen and oxygen atoms in total. The number of nitrogens with one attached hydrogen (secondary N) is 1. The fourth-order valence-corrected chi connectivity index (χ4v) is 3.80. The molecule has 4 rings (SSSR count). The summed E-state index contributed by atoms with van der Waals surface area (Å²) >= 11 is 0. The first kappa shape index (κ1) is 23.2. The zero-order valence-corrected chi connectivity index (χ0v) is 18.7. The summed E-state index contributed by atoms with van der Waals surface area (Å²) in [5.41, 5.74) is 1.61. The summed E-state index contributed by atoms with van der Waals surface area (Å²) in [7, 11) is 0. The van der Waals surface area contributed by atoms with E-state index in [1.165, 1.54) is 18.3 Å². The Kier molecular flexibility index (Phi) is 7.65. The molecule has 7 heteroatoms. The lowest BCUT2D eigenvalue weighted by Crippen LogP contribution is -2.42. The van der Waals surface area contributed by atoms with E-state index in [1.54, 1.807) is 41.4 Å². The summed E-state index contributed by atoms with van der Waals surface area (Å²) < 4.78 is 19.9. The highest BCUT2D eigenvalue weighted by atomic mass is 19.1. The van der Waals surface area contributed by atoms with E-state index in [-0.39, 0.29) is 30.0 Å². The lowest BCUT2D eigenvalue weighted by atomic mass is 9.95. The van der Waals surface area contributed by atoms with Crippen molar-refractivity contribution in [2.45, 2.75) is 19.4 Å². The van der Waals surface area contributed by atoms with Crippen LogP contribution in [0.5, 0.6) is 11.5 Å². The van der Waals surface area contributed by atoms with Crippen molar-refractivity contribution in [3.05, 3.63) is 96.1 Å². The normalized spacial score (nSPS) is 14.2. The van der Waals surface area contributed by atoms with Gasteiger partial charge in [-0.3, -0.25) is 14.6 Å². The molecule has 1 fully saturated rings. The summed E-state index contributed by atoms with van der Waals surface area (Å²) in [6, 6.07) is 17.7. The first-order chi connectivity index (χ1) is 16.6. The number of hydrogen-bond donors (Lipinski definition) is 1. The van der Waals surface area contributed by atoms with E-state index in [2.05, 4.69) is 10.3 Å². The molecule has 1 aliphatic heterocycles. The third-order valence-corrected chi connectivity index (χ3v) is 5.72. The Morgan fingerprint density at radius 1 is 1.09 bits per heavy atom. The average molecular weight is 460 g/mol. The lowest BCUT2D eigenvalue weighted by Gasteiger charge is -2.30. The van der Waals surface area contributed by atoms with Gasteiger partial charge < -0.3 is 15.0 Å². The third kappa shape index (κ3) is 6.28. The van der Waals surface area contributed by atoms with Crippen molar-refractivity contribution in [3.63, 3.8) is 0 Å². The van der Waals surface area contributed by atoms with Crippen LogP contribution in [0.25, 0.3) is 6.08 Å². The maximum absolute atomic E-state index is 14.4. The topological polar surface area (TPSA) is 71.5 Å². The van der Waals surface area contributed by atoms with Gasteiger partial charge in [-0.05, 0) is 54.3 Å². The van der Waals surface area contributed by atoms with Crippen LogP contribution in [0.1, 0.15) is 24.0 Å². The molecule has 0 radical (unpaired) electrons. The molecular weight excluding hydrogens is 433 g/mol. The van der Waals surface area contributed by atoms with Crippen LogP contribution in [-0.4, -0.2) is 34.8 Å². The second-order valence-electron chi connectivity index (χ2n) is 8.12. The largest absolute Gasteiger partial charge is 0.453 e. The Morgan fingerprint density at radius 2 is 1.88 bits per heavy atom. The Morgan fingerprint density at radius 3 is 2.59 bits per heavy atom. The zero-order chi connectivity index (χ0) is 23.8. The molecule has 2 aromatic carbocycles. The monoisotopic (exact) mass is 459 g/mol. The minimum Gasteiger partial charge on any atom is -0.453 e. The Labute approximate surface area is 198 Å². The van der Waals surface area contributed by atoms with Crippen molar-refractivity contribution in [3.8, 4) is 11.5 Å². The van der Waals surface area contributed by atoms with Crippen molar-refractivity contribution in [2.24, 2.45) is 5.92 Å². The van der Waals surface area contributed by atoms with Crippen LogP contribution in [-0.2, 0) is 16.1 Å². The van der Waals surface area contributed by atoms with Crippen LogP contribution < -0.4 is 10.1 Å². The predicted molar refractivity (Wildman–Crippen MR) is 127 cm³/mol. The minimum absolute atomic E-state index is 0.0493. The predicted octanol–water partition coefficient (Wildman–Crippen LogP) is 4.58. The standard InChI is InChI=1S/C27H26FN3O3/c28-24-17-21(8-10-25(24)34-23-7-4-14-29-19-23)18-30-27(33)22-12-15-31(16-13-22)26(32)11-9-20-5-2-1-3-6-20/h1-11,14,17,19,22H,12-13,15-16,18H2,(H,30,33)/b11-9+. The summed E-state index contributed by atoms with van der Waals surface area (Å²) in [6.45, 7) is 1.29. The molecule has 174 valence electrons. The summed E-state index contributed by atoms with van der Waals surface area (Å²) in [5, 5.41) is 2.88. The first-order valence-corrected chi connectivity index (χ1v) is 11.2. The first-order valence-electron chi connectivity index (χ1n) is 11.2. The van der Waals surface area contributed by atoms with Crippen molar-refractivity contribution in [1.29, 1.82) is 0 Å². The van der Waals surface area contributed by atoms with Crippen LogP contribution in [0.2, 0.25) is 0 Å². The van der Waals surface area contributed by atoms with Gasteiger partial charge in [-0.15, -0.1) is 0 Å². The van der Waals surface area contributed by atoms with Crippen molar-refractivity contribution < 1.29 is 18.7 Å². The highest BCUT2D eigenvalue weighted by Crippen LogP contribution is 2.25. The van der Waals surface area contributed by atoms with E-state index in [1.807, 2.05) is 30.3 Å². The molecule has 3 aromatic rings. The number of benzene rings is 2. The van der Waals surface area contributed by atoms with E-state index < -0.39 is 5.82 Å².